The first-order chi connectivity index (χ1) is 15.6. The van der Waals surface area contributed by atoms with E-state index in [4.69, 9.17) is 0 Å². The summed E-state index contributed by atoms with van der Waals surface area (Å²) in [6, 6.07) is 11.9. The number of unbranched alkanes of at least 4 members (excludes halogenated alkanes) is 15. The SMILES string of the molecule is CCCCCCCCCCCCCCCCCC(CCCC)[N+](C)(C)Cc1ccccc1. The highest BCUT2D eigenvalue weighted by Crippen LogP contribution is 2.24. The Hall–Kier alpha value is -0.820. The highest BCUT2D eigenvalue weighted by atomic mass is 15.3. The molecule has 1 nitrogen and oxygen atoms in total. The van der Waals surface area contributed by atoms with Crippen molar-refractivity contribution in [3.63, 3.8) is 0 Å². The number of benzene rings is 1. The zero-order chi connectivity index (χ0) is 23.3. The van der Waals surface area contributed by atoms with Crippen LogP contribution in [0.15, 0.2) is 30.3 Å². The van der Waals surface area contributed by atoms with Crippen molar-refractivity contribution < 1.29 is 4.48 Å². The Labute approximate surface area is 203 Å². The minimum Gasteiger partial charge on any atom is -0.322 e. The summed E-state index contributed by atoms with van der Waals surface area (Å²) in [5.41, 5.74) is 1.48. The molecule has 0 N–H and O–H groups in total. The van der Waals surface area contributed by atoms with Gasteiger partial charge in [-0.05, 0) is 25.7 Å². The van der Waals surface area contributed by atoms with Crippen molar-refractivity contribution in [1.82, 2.24) is 0 Å². The summed E-state index contributed by atoms with van der Waals surface area (Å²) in [4.78, 5) is 0. The second-order valence-electron chi connectivity index (χ2n) is 11.0. The van der Waals surface area contributed by atoms with Crippen molar-refractivity contribution >= 4 is 0 Å². The molecule has 0 heterocycles. The molecule has 1 aromatic carbocycles. The predicted octanol–water partition coefficient (Wildman–Crippen LogP) is 10.1. The highest BCUT2D eigenvalue weighted by Gasteiger charge is 2.27. The summed E-state index contributed by atoms with van der Waals surface area (Å²) in [5, 5.41) is 0. The van der Waals surface area contributed by atoms with E-state index in [1.54, 1.807) is 0 Å². The molecule has 0 radical (unpaired) electrons. The van der Waals surface area contributed by atoms with Gasteiger partial charge in [0.25, 0.3) is 0 Å². The lowest BCUT2D eigenvalue weighted by Crippen LogP contribution is -2.48. The number of hydrogen-bond donors (Lipinski definition) is 0. The van der Waals surface area contributed by atoms with Crippen molar-refractivity contribution in [2.45, 2.75) is 148 Å². The van der Waals surface area contributed by atoms with Gasteiger partial charge in [-0.1, -0.05) is 140 Å². The lowest BCUT2D eigenvalue weighted by Gasteiger charge is -2.38. The van der Waals surface area contributed by atoms with E-state index in [1.165, 1.54) is 128 Å². The van der Waals surface area contributed by atoms with Crippen LogP contribution in [0, 0.1) is 0 Å². The van der Waals surface area contributed by atoms with Crippen LogP contribution in [0.3, 0.4) is 0 Å². The molecule has 1 atom stereocenters. The Morgan fingerprint density at radius 2 is 0.938 bits per heavy atom. The molecule has 32 heavy (non-hydrogen) atoms. The van der Waals surface area contributed by atoms with Gasteiger partial charge in [-0.3, -0.25) is 0 Å². The van der Waals surface area contributed by atoms with Crippen LogP contribution in [0.1, 0.15) is 141 Å². The van der Waals surface area contributed by atoms with E-state index >= 15 is 0 Å². The molecular weight excluding hydrogens is 386 g/mol. The Morgan fingerprint density at radius 1 is 0.531 bits per heavy atom. The quantitative estimate of drug-likeness (QED) is 0.123. The third kappa shape index (κ3) is 15.1. The van der Waals surface area contributed by atoms with Gasteiger partial charge in [-0.15, -0.1) is 0 Å². The molecular formula is C31H58N+. The molecule has 0 aliphatic heterocycles. The fraction of sp³-hybridized carbons (Fsp3) is 0.806. The van der Waals surface area contributed by atoms with E-state index in [1.807, 2.05) is 0 Å². The normalized spacial score (nSPS) is 12.9. The van der Waals surface area contributed by atoms with Crippen molar-refractivity contribution in [2.24, 2.45) is 0 Å². The summed E-state index contributed by atoms with van der Waals surface area (Å²) >= 11 is 0. The molecule has 0 aromatic heterocycles. The molecule has 0 saturated carbocycles. The molecule has 0 amide bonds. The minimum atomic E-state index is 0.803. The Bertz CT molecular complexity index is 506. The van der Waals surface area contributed by atoms with Crippen LogP contribution in [-0.2, 0) is 6.54 Å². The monoisotopic (exact) mass is 444 g/mol. The summed E-state index contributed by atoms with van der Waals surface area (Å²) < 4.78 is 1.14. The van der Waals surface area contributed by atoms with E-state index in [9.17, 15) is 0 Å². The maximum absolute atomic E-state index is 2.46. The average Bonchev–Trinajstić information content (AvgIpc) is 2.78. The smallest absolute Gasteiger partial charge is 0.104 e. The number of quaternary nitrogens is 1. The van der Waals surface area contributed by atoms with Crippen LogP contribution >= 0.6 is 0 Å². The van der Waals surface area contributed by atoms with Crippen molar-refractivity contribution in [1.29, 1.82) is 0 Å². The van der Waals surface area contributed by atoms with E-state index in [2.05, 4.69) is 58.3 Å². The summed E-state index contributed by atoms with van der Waals surface area (Å²) in [7, 11) is 4.91. The first kappa shape index (κ1) is 29.2. The van der Waals surface area contributed by atoms with Crippen molar-refractivity contribution in [3.05, 3.63) is 35.9 Å². The Kier molecular flexibility index (Phi) is 17.9. The molecule has 186 valence electrons. The van der Waals surface area contributed by atoms with E-state index in [0.717, 1.165) is 17.1 Å². The molecule has 0 aliphatic rings. The van der Waals surface area contributed by atoms with Gasteiger partial charge in [0.1, 0.15) is 6.54 Å². The molecule has 0 spiro atoms. The van der Waals surface area contributed by atoms with Crippen LogP contribution in [0.4, 0.5) is 0 Å². The second kappa shape index (κ2) is 19.6. The molecule has 0 fully saturated rings. The molecule has 1 heteroatoms. The number of nitrogens with zero attached hydrogens (tertiary/aromatic N) is 1. The average molecular weight is 445 g/mol. The lowest BCUT2D eigenvalue weighted by molar-refractivity contribution is -0.928. The van der Waals surface area contributed by atoms with Crippen LogP contribution in [0.2, 0.25) is 0 Å². The third-order valence-electron chi connectivity index (χ3n) is 7.45. The van der Waals surface area contributed by atoms with E-state index in [-0.39, 0.29) is 0 Å². The fourth-order valence-corrected chi connectivity index (χ4v) is 5.22. The third-order valence-corrected chi connectivity index (χ3v) is 7.45. The minimum absolute atomic E-state index is 0.803. The van der Waals surface area contributed by atoms with Gasteiger partial charge >= 0.3 is 0 Å². The Morgan fingerprint density at radius 3 is 1.41 bits per heavy atom. The maximum atomic E-state index is 2.46. The second-order valence-corrected chi connectivity index (χ2v) is 11.0. The summed E-state index contributed by atoms with van der Waals surface area (Å²) in [5.74, 6) is 0. The molecule has 1 rings (SSSR count). The summed E-state index contributed by atoms with van der Waals surface area (Å²) in [6.07, 6.45) is 27.3. The molecule has 1 aromatic rings. The molecule has 0 aliphatic carbocycles. The van der Waals surface area contributed by atoms with Gasteiger partial charge in [0.15, 0.2) is 0 Å². The van der Waals surface area contributed by atoms with Crippen LogP contribution < -0.4 is 0 Å². The number of rotatable bonds is 22. The van der Waals surface area contributed by atoms with Crippen molar-refractivity contribution in [2.75, 3.05) is 14.1 Å². The summed E-state index contributed by atoms with van der Waals surface area (Å²) in [6.45, 7) is 5.80. The first-order valence-electron chi connectivity index (χ1n) is 14.5. The standard InChI is InChI=1S/C31H58N/c1-5-7-9-10-11-12-13-14-15-16-17-18-19-20-24-28-31(27-8-6-2)32(3,4)29-30-25-22-21-23-26-30/h21-23,25-26,31H,5-20,24,27-29H2,1-4H3/q+1. The van der Waals surface area contributed by atoms with Gasteiger partial charge in [0, 0.05) is 5.56 Å². The Balaban J connectivity index is 2.09. The fourth-order valence-electron chi connectivity index (χ4n) is 5.22. The zero-order valence-corrected chi connectivity index (χ0v) is 22.6. The lowest BCUT2D eigenvalue weighted by atomic mass is 9.98. The van der Waals surface area contributed by atoms with Crippen LogP contribution in [0.5, 0.6) is 0 Å². The predicted molar refractivity (Wildman–Crippen MR) is 145 cm³/mol. The molecule has 0 bridgehead atoms. The van der Waals surface area contributed by atoms with Gasteiger partial charge < -0.3 is 4.48 Å². The molecule has 0 saturated heterocycles. The first-order valence-corrected chi connectivity index (χ1v) is 14.5. The van der Waals surface area contributed by atoms with Crippen LogP contribution in [-0.4, -0.2) is 24.6 Å². The highest BCUT2D eigenvalue weighted by molar-refractivity contribution is 5.13. The zero-order valence-electron chi connectivity index (χ0n) is 22.6. The largest absolute Gasteiger partial charge is 0.322 e. The maximum Gasteiger partial charge on any atom is 0.104 e. The van der Waals surface area contributed by atoms with Gasteiger partial charge in [0.2, 0.25) is 0 Å². The number of hydrogen-bond acceptors (Lipinski definition) is 0. The molecule has 1 unspecified atom stereocenters. The van der Waals surface area contributed by atoms with Gasteiger partial charge in [-0.25, -0.2) is 0 Å². The van der Waals surface area contributed by atoms with E-state index < -0.39 is 0 Å². The van der Waals surface area contributed by atoms with Crippen LogP contribution in [0.25, 0.3) is 0 Å². The van der Waals surface area contributed by atoms with Gasteiger partial charge in [0.05, 0.1) is 20.1 Å². The topological polar surface area (TPSA) is 0 Å². The van der Waals surface area contributed by atoms with Gasteiger partial charge in [-0.2, -0.15) is 0 Å². The van der Waals surface area contributed by atoms with Crippen molar-refractivity contribution in [3.8, 4) is 0 Å². The van der Waals surface area contributed by atoms with E-state index in [0.29, 0.717) is 0 Å².